The Morgan fingerprint density at radius 3 is 1.85 bits per heavy atom. The molecule has 1 aromatic rings. The molecular weight excluding hydrogens is 256 g/mol. The van der Waals surface area contributed by atoms with E-state index < -0.39 is 17.5 Å². The SMILES string of the molecule is CC(C)(C)OC(=O)/C=C/c1ccc(/C=C/C(=O)O)cc1. The molecule has 0 unspecified atom stereocenters. The number of aliphatic carboxylic acids is 1. The van der Waals surface area contributed by atoms with Crippen molar-refractivity contribution >= 4 is 24.1 Å². The number of carboxylic acid groups (broad SMARTS) is 1. The quantitative estimate of drug-likeness (QED) is 0.676. The summed E-state index contributed by atoms with van der Waals surface area (Å²) in [4.78, 5) is 21.9. The number of esters is 1. The van der Waals surface area contributed by atoms with Crippen LogP contribution in [0.15, 0.2) is 36.4 Å². The van der Waals surface area contributed by atoms with E-state index in [2.05, 4.69) is 0 Å². The molecule has 4 heteroatoms. The van der Waals surface area contributed by atoms with Gasteiger partial charge in [-0.25, -0.2) is 9.59 Å². The Morgan fingerprint density at radius 1 is 1.00 bits per heavy atom. The Labute approximate surface area is 118 Å². The Morgan fingerprint density at radius 2 is 1.45 bits per heavy atom. The Kier molecular flexibility index (Phi) is 5.26. The highest BCUT2D eigenvalue weighted by molar-refractivity contribution is 5.87. The molecule has 0 saturated carbocycles. The predicted molar refractivity (Wildman–Crippen MR) is 78.0 cm³/mol. The highest BCUT2D eigenvalue weighted by atomic mass is 16.6. The van der Waals surface area contributed by atoms with Crippen molar-refractivity contribution in [3.8, 4) is 0 Å². The molecule has 20 heavy (non-hydrogen) atoms. The van der Waals surface area contributed by atoms with Crippen LogP contribution in [0.5, 0.6) is 0 Å². The normalized spacial score (nSPS) is 11.9. The van der Waals surface area contributed by atoms with Gasteiger partial charge in [-0.2, -0.15) is 0 Å². The van der Waals surface area contributed by atoms with Crippen LogP contribution < -0.4 is 0 Å². The number of carbonyl (C=O) groups is 2. The molecule has 0 amide bonds. The zero-order chi connectivity index (χ0) is 15.2. The molecule has 0 atom stereocenters. The molecule has 0 spiro atoms. The smallest absolute Gasteiger partial charge is 0.331 e. The fraction of sp³-hybridized carbons (Fsp3) is 0.250. The average Bonchev–Trinajstić information content (AvgIpc) is 2.33. The van der Waals surface area contributed by atoms with E-state index in [1.54, 1.807) is 30.3 Å². The van der Waals surface area contributed by atoms with Crippen LogP contribution in [0.2, 0.25) is 0 Å². The van der Waals surface area contributed by atoms with Crippen LogP contribution in [0, 0.1) is 0 Å². The van der Waals surface area contributed by atoms with Gasteiger partial charge in [0, 0.05) is 12.2 Å². The molecule has 1 N–H and O–H groups in total. The lowest BCUT2D eigenvalue weighted by atomic mass is 10.1. The first-order chi connectivity index (χ1) is 9.26. The number of benzene rings is 1. The van der Waals surface area contributed by atoms with Crippen molar-refractivity contribution in [2.75, 3.05) is 0 Å². The molecule has 1 rings (SSSR count). The lowest BCUT2D eigenvalue weighted by molar-refractivity contribution is -0.148. The van der Waals surface area contributed by atoms with Crippen LogP contribution in [0.4, 0.5) is 0 Å². The fourth-order valence-corrected chi connectivity index (χ4v) is 1.39. The van der Waals surface area contributed by atoms with E-state index in [0.29, 0.717) is 0 Å². The summed E-state index contributed by atoms with van der Waals surface area (Å²) in [6.07, 6.45) is 5.60. The molecule has 0 bridgehead atoms. The second kappa shape index (κ2) is 6.70. The molecule has 0 radical (unpaired) electrons. The van der Waals surface area contributed by atoms with Gasteiger partial charge in [0.05, 0.1) is 0 Å². The zero-order valence-electron chi connectivity index (χ0n) is 11.8. The minimum absolute atomic E-state index is 0.396. The first kappa shape index (κ1) is 15.7. The van der Waals surface area contributed by atoms with E-state index in [-0.39, 0.29) is 0 Å². The predicted octanol–water partition coefficient (Wildman–Crippen LogP) is 3.14. The largest absolute Gasteiger partial charge is 0.478 e. The van der Waals surface area contributed by atoms with Crippen molar-refractivity contribution in [2.24, 2.45) is 0 Å². The van der Waals surface area contributed by atoms with E-state index in [1.807, 2.05) is 20.8 Å². The van der Waals surface area contributed by atoms with Gasteiger partial charge in [-0.15, -0.1) is 0 Å². The molecule has 0 heterocycles. The summed E-state index contributed by atoms with van der Waals surface area (Å²) in [5, 5.41) is 8.52. The molecule has 0 fully saturated rings. The Hall–Kier alpha value is -2.36. The summed E-state index contributed by atoms with van der Waals surface area (Å²) in [7, 11) is 0. The number of rotatable bonds is 4. The maximum absolute atomic E-state index is 11.5. The first-order valence-corrected chi connectivity index (χ1v) is 6.18. The highest BCUT2D eigenvalue weighted by Gasteiger charge is 2.13. The summed E-state index contributed by atoms with van der Waals surface area (Å²) in [5.74, 6) is -1.38. The fourth-order valence-electron chi connectivity index (χ4n) is 1.39. The zero-order valence-corrected chi connectivity index (χ0v) is 11.8. The number of hydrogen-bond acceptors (Lipinski definition) is 3. The molecule has 0 aliphatic heterocycles. The van der Waals surface area contributed by atoms with E-state index in [0.717, 1.165) is 17.2 Å². The molecule has 1 aromatic carbocycles. The minimum Gasteiger partial charge on any atom is -0.478 e. The molecule has 0 aromatic heterocycles. The Bertz CT molecular complexity index is 531. The standard InChI is InChI=1S/C16H18O4/c1-16(2,3)20-15(19)11-9-13-6-4-12(5-7-13)8-10-14(17)18/h4-11H,1-3H3,(H,17,18)/b10-8+,11-9+. The summed E-state index contributed by atoms with van der Waals surface area (Å²) >= 11 is 0. The maximum Gasteiger partial charge on any atom is 0.331 e. The van der Waals surface area contributed by atoms with Gasteiger partial charge in [0.25, 0.3) is 0 Å². The van der Waals surface area contributed by atoms with E-state index >= 15 is 0 Å². The molecule has 0 saturated heterocycles. The Balaban J connectivity index is 2.66. The third-order valence-electron chi connectivity index (χ3n) is 2.17. The van der Waals surface area contributed by atoms with Crippen LogP contribution in [-0.4, -0.2) is 22.6 Å². The number of ether oxygens (including phenoxy) is 1. The van der Waals surface area contributed by atoms with Gasteiger partial charge in [0.1, 0.15) is 5.60 Å². The average molecular weight is 274 g/mol. The second-order valence-electron chi connectivity index (χ2n) is 5.21. The van der Waals surface area contributed by atoms with Crippen molar-refractivity contribution in [1.29, 1.82) is 0 Å². The van der Waals surface area contributed by atoms with Gasteiger partial charge >= 0.3 is 11.9 Å². The maximum atomic E-state index is 11.5. The first-order valence-electron chi connectivity index (χ1n) is 6.18. The van der Waals surface area contributed by atoms with Gasteiger partial charge < -0.3 is 9.84 Å². The number of hydrogen-bond donors (Lipinski definition) is 1. The van der Waals surface area contributed by atoms with Gasteiger partial charge in [0.2, 0.25) is 0 Å². The molecule has 0 aliphatic rings. The summed E-state index contributed by atoms with van der Waals surface area (Å²) < 4.78 is 5.15. The van der Waals surface area contributed by atoms with Crippen molar-refractivity contribution in [3.05, 3.63) is 47.5 Å². The lowest BCUT2D eigenvalue weighted by Gasteiger charge is -2.17. The van der Waals surface area contributed by atoms with Gasteiger partial charge in [-0.3, -0.25) is 0 Å². The van der Waals surface area contributed by atoms with Crippen LogP contribution >= 0.6 is 0 Å². The van der Waals surface area contributed by atoms with Gasteiger partial charge in [0.15, 0.2) is 0 Å². The van der Waals surface area contributed by atoms with E-state index in [4.69, 9.17) is 9.84 Å². The topological polar surface area (TPSA) is 63.6 Å². The number of carboxylic acids is 1. The number of carbonyl (C=O) groups excluding carboxylic acids is 1. The van der Waals surface area contributed by atoms with Crippen molar-refractivity contribution in [1.82, 2.24) is 0 Å². The molecule has 106 valence electrons. The second-order valence-corrected chi connectivity index (χ2v) is 5.21. The van der Waals surface area contributed by atoms with Crippen LogP contribution in [0.1, 0.15) is 31.9 Å². The summed E-state index contributed by atoms with van der Waals surface area (Å²) in [6, 6.07) is 7.13. The van der Waals surface area contributed by atoms with Crippen LogP contribution in [-0.2, 0) is 14.3 Å². The monoisotopic (exact) mass is 274 g/mol. The molecule has 4 nitrogen and oxygen atoms in total. The minimum atomic E-state index is -0.987. The summed E-state index contributed by atoms with van der Waals surface area (Å²) in [6.45, 7) is 5.42. The van der Waals surface area contributed by atoms with Crippen molar-refractivity contribution in [3.63, 3.8) is 0 Å². The highest BCUT2D eigenvalue weighted by Crippen LogP contribution is 2.10. The molecular formula is C16H18O4. The van der Waals surface area contributed by atoms with Gasteiger partial charge in [-0.05, 0) is 44.1 Å². The van der Waals surface area contributed by atoms with Crippen molar-refractivity contribution < 1.29 is 19.4 Å². The summed E-state index contributed by atoms with van der Waals surface area (Å²) in [5.41, 5.74) is 1.11. The van der Waals surface area contributed by atoms with Crippen LogP contribution in [0.3, 0.4) is 0 Å². The molecule has 0 aliphatic carbocycles. The van der Waals surface area contributed by atoms with Crippen molar-refractivity contribution in [2.45, 2.75) is 26.4 Å². The van der Waals surface area contributed by atoms with E-state index in [9.17, 15) is 9.59 Å². The third-order valence-corrected chi connectivity index (χ3v) is 2.17. The third kappa shape index (κ3) is 6.54. The van der Waals surface area contributed by atoms with Crippen LogP contribution in [0.25, 0.3) is 12.2 Å². The lowest BCUT2D eigenvalue weighted by Crippen LogP contribution is -2.22. The van der Waals surface area contributed by atoms with E-state index in [1.165, 1.54) is 12.2 Å². The van der Waals surface area contributed by atoms with Gasteiger partial charge in [-0.1, -0.05) is 24.3 Å².